The maximum absolute atomic E-state index is 12.4. The number of hydrogen-bond acceptors (Lipinski definition) is 5. The van der Waals surface area contributed by atoms with E-state index in [1.165, 1.54) is 0 Å². The molecule has 1 aliphatic rings. The summed E-state index contributed by atoms with van der Waals surface area (Å²) in [5.74, 6) is 1.61. The van der Waals surface area contributed by atoms with E-state index < -0.39 is 0 Å². The Labute approximate surface area is 161 Å². The van der Waals surface area contributed by atoms with Gasteiger partial charge in [0.05, 0.1) is 12.5 Å². The van der Waals surface area contributed by atoms with Gasteiger partial charge < -0.3 is 14.2 Å². The molecule has 0 radical (unpaired) electrons. The number of carbonyl (C=O) groups excluding carboxylic acids is 1. The predicted octanol–water partition coefficient (Wildman–Crippen LogP) is 4.31. The maximum Gasteiger partial charge on any atom is 0.232 e. The number of amides is 1. The van der Waals surface area contributed by atoms with Crippen molar-refractivity contribution in [3.8, 4) is 17.1 Å². The lowest BCUT2D eigenvalue weighted by Gasteiger charge is -2.15. The molecule has 1 amide bonds. The average molecular weight is 384 g/mol. The monoisotopic (exact) mass is 383 g/mol. The molecule has 1 atom stereocenters. The predicted molar refractivity (Wildman–Crippen MR) is 102 cm³/mol. The lowest BCUT2D eigenvalue weighted by molar-refractivity contribution is -0.117. The van der Waals surface area contributed by atoms with E-state index in [1.54, 1.807) is 17.0 Å². The smallest absolute Gasteiger partial charge is 0.232 e. The number of benzene rings is 2. The zero-order chi connectivity index (χ0) is 18.8. The van der Waals surface area contributed by atoms with Gasteiger partial charge in [-0.25, -0.2) is 0 Å². The van der Waals surface area contributed by atoms with Crippen LogP contribution in [0.15, 0.2) is 53.1 Å². The molecule has 0 saturated carbocycles. The molecule has 0 N–H and O–H groups in total. The molecule has 1 fully saturated rings. The highest BCUT2D eigenvalue weighted by Crippen LogP contribution is 2.32. The Morgan fingerprint density at radius 2 is 2.07 bits per heavy atom. The van der Waals surface area contributed by atoms with Gasteiger partial charge in [-0.3, -0.25) is 4.79 Å². The second-order valence-corrected chi connectivity index (χ2v) is 6.74. The van der Waals surface area contributed by atoms with Crippen molar-refractivity contribution in [3.05, 3.63) is 59.4 Å². The fraction of sp³-hybridized carbons (Fsp3) is 0.250. The van der Waals surface area contributed by atoms with E-state index >= 15 is 0 Å². The molecule has 2 aromatic carbocycles. The van der Waals surface area contributed by atoms with Crippen molar-refractivity contribution in [2.24, 2.45) is 0 Å². The van der Waals surface area contributed by atoms with Crippen molar-refractivity contribution < 1.29 is 14.1 Å². The summed E-state index contributed by atoms with van der Waals surface area (Å²) >= 11 is 5.93. The summed E-state index contributed by atoms with van der Waals surface area (Å²) in [5, 5.41) is 4.71. The van der Waals surface area contributed by atoms with Crippen molar-refractivity contribution in [2.75, 3.05) is 18.1 Å². The second-order valence-electron chi connectivity index (χ2n) is 6.30. The molecular formula is C20H18ClN3O3. The minimum atomic E-state index is -0.135. The number of nitrogens with zero attached hydrogens (tertiary/aromatic N) is 3. The highest BCUT2D eigenvalue weighted by atomic mass is 35.5. The number of rotatable bonds is 5. The molecule has 7 heteroatoms. The number of aromatic nitrogens is 2. The topological polar surface area (TPSA) is 68.5 Å². The van der Waals surface area contributed by atoms with Crippen molar-refractivity contribution in [2.45, 2.75) is 19.3 Å². The quantitative estimate of drug-likeness (QED) is 0.656. The highest BCUT2D eigenvalue weighted by molar-refractivity contribution is 6.30. The van der Waals surface area contributed by atoms with Crippen LogP contribution in [0, 0.1) is 0 Å². The first kappa shape index (κ1) is 17.5. The average Bonchev–Trinajstić information content (AvgIpc) is 3.30. The molecule has 1 unspecified atom stereocenters. The van der Waals surface area contributed by atoms with Crippen molar-refractivity contribution >= 4 is 23.2 Å². The van der Waals surface area contributed by atoms with Crippen LogP contribution in [0.2, 0.25) is 5.02 Å². The normalized spacial score (nSPS) is 16.7. The zero-order valence-corrected chi connectivity index (χ0v) is 15.5. The maximum atomic E-state index is 12.4. The van der Waals surface area contributed by atoms with Gasteiger partial charge in [-0.1, -0.05) is 28.9 Å². The van der Waals surface area contributed by atoms with Crippen LogP contribution < -0.4 is 9.64 Å². The van der Waals surface area contributed by atoms with Crippen molar-refractivity contribution in [1.29, 1.82) is 0 Å². The number of hydrogen-bond donors (Lipinski definition) is 0. The summed E-state index contributed by atoms with van der Waals surface area (Å²) in [4.78, 5) is 18.7. The zero-order valence-electron chi connectivity index (χ0n) is 14.8. The summed E-state index contributed by atoms with van der Waals surface area (Å²) in [7, 11) is 0. The molecule has 0 bridgehead atoms. The standard InChI is InChI=1S/C20H18ClN3O3/c1-2-26-17-5-3-4-13(10-17)19-22-20(27-23-19)14-11-18(25)24(12-14)16-8-6-15(21)7-9-16/h3-10,14H,2,11-12H2,1H3. The largest absolute Gasteiger partial charge is 0.494 e. The van der Waals surface area contributed by atoms with Crippen molar-refractivity contribution in [3.63, 3.8) is 0 Å². The number of ether oxygens (including phenoxy) is 1. The first-order valence-corrected chi connectivity index (χ1v) is 9.14. The van der Waals surface area contributed by atoms with E-state index in [9.17, 15) is 4.79 Å². The molecule has 0 aliphatic carbocycles. The SMILES string of the molecule is CCOc1cccc(-c2noc(C3CC(=O)N(c4ccc(Cl)cc4)C3)n2)c1. The van der Waals surface area contributed by atoms with E-state index in [4.69, 9.17) is 20.9 Å². The molecule has 6 nitrogen and oxygen atoms in total. The summed E-state index contributed by atoms with van der Waals surface area (Å²) < 4.78 is 11.0. The number of halogens is 1. The third-order valence-corrected chi connectivity index (χ3v) is 4.71. The Bertz CT molecular complexity index is 955. The van der Waals surface area contributed by atoms with Gasteiger partial charge in [0.25, 0.3) is 0 Å². The number of anilines is 1. The van der Waals surface area contributed by atoms with Crippen LogP contribution in [-0.4, -0.2) is 29.2 Å². The molecule has 3 aromatic rings. The van der Waals surface area contributed by atoms with Gasteiger partial charge in [0.2, 0.25) is 17.6 Å². The van der Waals surface area contributed by atoms with E-state index in [-0.39, 0.29) is 11.8 Å². The minimum absolute atomic E-state index is 0.0282. The van der Waals surface area contributed by atoms with Gasteiger partial charge >= 0.3 is 0 Å². The van der Waals surface area contributed by atoms with Crippen molar-refractivity contribution in [1.82, 2.24) is 10.1 Å². The van der Waals surface area contributed by atoms with E-state index in [0.29, 0.717) is 36.3 Å². The van der Waals surface area contributed by atoms with E-state index in [0.717, 1.165) is 17.0 Å². The lowest BCUT2D eigenvalue weighted by atomic mass is 10.1. The fourth-order valence-corrected chi connectivity index (χ4v) is 3.28. The first-order valence-electron chi connectivity index (χ1n) is 8.77. The van der Waals surface area contributed by atoms with Crippen LogP contribution in [0.1, 0.15) is 25.2 Å². The Hall–Kier alpha value is -2.86. The van der Waals surface area contributed by atoms with Crippen LogP contribution >= 0.6 is 11.6 Å². The van der Waals surface area contributed by atoms with Gasteiger partial charge in [0, 0.05) is 29.2 Å². The minimum Gasteiger partial charge on any atom is -0.494 e. The van der Waals surface area contributed by atoms with Gasteiger partial charge in [-0.05, 0) is 43.3 Å². The molecule has 1 saturated heterocycles. The van der Waals surface area contributed by atoms with Gasteiger partial charge in [-0.15, -0.1) is 0 Å². The fourth-order valence-electron chi connectivity index (χ4n) is 3.15. The van der Waals surface area contributed by atoms with Crippen LogP contribution in [0.3, 0.4) is 0 Å². The van der Waals surface area contributed by atoms with Gasteiger partial charge in [-0.2, -0.15) is 4.98 Å². The first-order chi connectivity index (χ1) is 13.1. The molecule has 27 heavy (non-hydrogen) atoms. The third kappa shape index (κ3) is 3.66. The Morgan fingerprint density at radius 1 is 1.26 bits per heavy atom. The summed E-state index contributed by atoms with van der Waals surface area (Å²) in [5.41, 5.74) is 1.63. The van der Waals surface area contributed by atoms with Gasteiger partial charge in [0.1, 0.15) is 5.75 Å². The summed E-state index contributed by atoms with van der Waals surface area (Å²) in [6.45, 7) is 3.02. The lowest BCUT2D eigenvalue weighted by Crippen LogP contribution is -2.24. The molecule has 1 aliphatic heterocycles. The highest BCUT2D eigenvalue weighted by Gasteiger charge is 2.35. The third-order valence-electron chi connectivity index (χ3n) is 4.46. The molecular weight excluding hydrogens is 366 g/mol. The van der Waals surface area contributed by atoms with E-state index in [1.807, 2.05) is 43.3 Å². The van der Waals surface area contributed by atoms with E-state index in [2.05, 4.69) is 10.1 Å². The Kier molecular flexibility index (Phi) is 4.81. The second kappa shape index (κ2) is 7.40. The summed E-state index contributed by atoms with van der Waals surface area (Å²) in [6, 6.07) is 14.8. The van der Waals surface area contributed by atoms with Gasteiger partial charge in [0.15, 0.2) is 0 Å². The molecule has 2 heterocycles. The summed E-state index contributed by atoms with van der Waals surface area (Å²) in [6.07, 6.45) is 0.337. The van der Waals surface area contributed by atoms with Crippen LogP contribution in [0.25, 0.3) is 11.4 Å². The molecule has 138 valence electrons. The molecule has 1 aromatic heterocycles. The molecule has 0 spiro atoms. The Balaban J connectivity index is 1.53. The van der Waals surface area contributed by atoms with Crippen LogP contribution in [-0.2, 0) is 4.79 Å². The Morgan fingerprint density at radius 3 is 2.85 bits per heavy atom. The number of carbonyl (C=O) groups is 1. The van der Waals surface area contributed by atoms with Crippen LogP contribution in [0.5, 0.6) is 5.75 Å². The van der Waals surface area contributed by atoms with Crippen LogP contribution in [0.4, 0.5) is 5.69 Å². The molecule has 4 rings (SSSR count).